The minimum atomic E-state index is -1.22. The van der Waals surface area contributed by atoms with E-state index in [1.165, 1.54) is 6.92 Å². The van der Waals surface area contributed by atoms with E-state index in [4.69, 9.17) is 5.11 Å². The first kappa shape index (κ1) is 12.0. The second-order valence-electron chi connectivity index (χ2n) is 3.19. The first-order valence-electron chi connectivity index (χ1n) is 4.44. The van der Waals surface area contributed by atoms with E-state index in [2.05, 4.69) is 5.32 Å². The maximum atomic E-state index is 12.8. The maximum absolute atomic E-state index is 12.8. The van der Waals surface area contributed by atoms with Gasteiger partial charge < -0.3 is 15.5 Å². The monoisotopic (exact) mass is 227 g/mol. The second-order valence-corrected chi connectivity index (χ2v) is 3.19. The molecule has 0 saturated heterocycles. The Labute approximate surface area is 90.5 Å². The Morgan fingerprint density at radius 3 is 2.62 bits per heavy atom. The van der Waals surface area contributed by atoms with Crippen LogP contribution in [0.4, 0.5) is 4.39 Å². The zero-order chi connectivity index (χ0) is 12.3. The van der Waals surface area contributed by atoms with E-state index in [9.17, 15) is 19.1 Å². The molecule has 16 heavy (non-hydrogen) atoms. The highest BCUT2D eigenvalue weighted by Gasteiger charge is 2.18. The highest BCUT2D eigenvalue weighted by Crippen LogP contribution is 2.17. The molecule has 0 heterocycles. The summed E-state index contributed by atoms with van der Waals surface area (Å²) in [4.78, 5) is 21.9. The number of carbonyl (C=O) groups excluding carboxylic acids is 1. The molecular formula is C10H10FNO4. The van der Waals surface area contributed by atoms with E-state index in [0.29, 0.717) is 0 Å². The van der Waals surface area contributed by atoms with Crippen molar-refractivity contribution in [1.29, 1.82) is 0 Å². The number of rotatable bonds is 3. The van der Waals surface area contributed by atoms with Crippen molar-refractivity contribution in [3.05, 3.63) is 29.6 Å². The number of aromatic hydroxyl groups is 1. The zero-order valence-electron chi connectivity index (χ0n) is 8.40. The minimum absolute atomic E-state index is 0.298. The number of hydrogen-bond donors (Lipinski definition) is 3. The molecule has 86 valence electrons. The quantitative estimate of drug-likeness (QED) is 0.710. The van der Waals surface area contributed by atoms with Gasteiger partial charge in [0.25, 0.3) is 5.91 Å². The Morgan fingerprint density at radius 2 is 2.06 bits per heavy atom. The molecule has 0 unspecified atom stereocenters. The highest BCUT2D eigenvalue weighted by atomic mass is 19.1. The number of amides is 1. The van der Waals surface area contributed by atoms with E-state index < -0.39 is 29.5 Å². The third kappa shape index (κ3) is 2.69. The van der Waals surface area contributed by atoms with Crippen molar-refractivity contribution < 1.29 is 24.2 Å². The molecule has 1 rings (SSSR count). The molecule has 1 atom stereocenters. The molecule has 3 N–H and O–H groups in total. The lowest BCUT2D eigenvalue weighted by Crippen LogP contribution is -2.38. The molecule has 6 heteroatoms. The molecule has 0 fully saturated rings. The van der Waals surface area contributed by atoms with Gasteiger partial charge in [-0.3, -0.25) is 9.59 Å². The SMILES string of the molecule is C[C@@H](NC(=O)c1cc(F)ccc1O)C(=O)O. The standard InChI is InChI=1S/C10H10FNO4/c1-5(10(15)16)12-9(14)7-4-6(11)2-3-8(7)13/h2-5,13H,1H3,(H,12,14)(H,15,16)/t5-/m1/s1. The fourth-order valence-corrected chi connectivity index (χ4v) is 1.03. The van der Waals surface area contributed by atoms with Crippen LogP contribution in [0.1, 0.15) is 17.3 Å². The average Bonchev–Trinajstić information content (AvgIpc) is 2.21. The minimum Gasteiger partial charge on any atom is -0.507 e. The van der Waals surface area contributed by atoms with Crippen LogP contribution in [0.25, 0.3) is 0 Å². The van der Waals surface area contributed by atoms with Gasteiger partial charge in [-0.05, 0) is 25.1 Å². The Bertz CT molecular complexity index is 433. The summed E-state index contributed by atoms with van der Waals surface area (Å²) in [5.74, 6) is -3.15. The Morgan fingerprint density at radius 1 is 1.44 bits per heavy atom. The predicted molar refractivity (Wildman–Crippen MR) is 52.6 cm³/mol. The third-order valence-corrected chi connectivity index (χ3v) is 1.92. The van der Waals surface area contributed by atoms with Crippen LogP contribution in [-0.4, -0.2) is 28.1 Å². The summed E-state index contributed by atoms with van der Waals surface area (Å²) in [5, 5.41) is 19.9. The predicted octanol–water partition coefficient (Wildman–Crippen LogP) is 0.734. The number of carboxylic acid groups (broad SMARTS) is 1. The number of phenols is 1. The van der Waals surface area contributed by atoms with Crippen LogP contribution in [0.3, 0.4) is 0 Å². The Hall–Kier alpha value is -2.11. The van der Waals surface area contributed by atoms with E-state index in [0.717, 1.165) is 18.2 Å². The van der Waals surface area contributed by atoms with E-state index in [1.807, 2.05) is 0 Å². The molecule has 0 aliphatic rings. The summed E-state index contributed by atoms with van der Waals surface area (Å²) < 4.78 is 12.8. The number of halogens is 1. The van der Waals surface area contributed by atoms with Crippen LogP contribution in [0.15, 0.2) is 18.2 Å². The molecule has 0 radical (unpaired) electrons. The van der Waals surface area contributed by atoms with Crippen LogP contribution < -0.4 is 5.32 Å². The van der Waals surface area contributed by atoms with E-state index in [1.54, 1.807) is 0 Å². The number of hydrogen-bond acceptors (Lipinski definition) is 3. The molecule has 0 aliphatic carbocycles. The molecule has 0 aliphatic heterocycles. The fraction of sp³-hybridized carbons (Fsp3) is 0.200. The van der Waals surface area contributed by atoms with Crippen LogP contribution in [0.5, 0.6) is 5.75 Å². The van der Waals surface area contributed by atoms with E-state index in [-0.39, 0.29) is 5.56 Å². The van der Waals surface area contributed by atoms with Gasteiger partial charge in [-0.2, -0.15) is 0 Å². The van der Waals surface area contributed by atoms with Crippen molar-refractivity contribution in [1.82, 2.24) is 5.32 Å². The molecule has 0 bridgehead atoms. The van der Waals surface area contributed by atoms with Gasteiger partial charge in [0.05, 0.1) is 5.56 Å². The molecule has 5 nitrogen and oxygen atoms in total. The summed E-state index contributed by atoms with van der Waals surface area (Å²) in [5.41, 5.74) is -0.298. The number of nitrogens with one attached hydrogen (secondary N) is 1. The van der Waals surface area contributed by atoms with Crippen molar-refractivity contribution in [2.75, 3.05) is 0 Å². The second kappa shape index (κ2) is 4.61. The van der Waals surface area contributed by atoms with E-state index >= 15 is 0 Å². The summed E-state index contributed by atoms with van der Waals surface area (Å²) >= 11 is 0. The Balaban J connectivity index is 2.88. The van der Waals surface area contributed by atoms with Crippen LogP contribution in [-0.2, 0) is 4.79 Å². The summed E-state index contributed by atoms with van der Waals surface area (Å²) in [6, 6.07) is 1.73. The van der Waals surface area contributed by atoms with Gasteiger partial charge in [0, 0.05) is 0 Å². The number of carbonyl (C=O) groups is 2. The van der Waals surface area contributed by atoms with Crippen molar-refractivity contribution in [3.8, 4) is 5.75 Å². The molecule has 0 aromatic heterocycles. The molecule has 1 aromatic rings. The molecule has 0 spiro atoms. The van der Waals surface area contributed by atoms with Crippen molar-refractivity contribution >= 4 is 11.9 Å². The van der Waals surface area contributed by atoms with Gasteiger partial charge in [0.2, 0.25) is 0 Å². The number of benzene rings is 1. The van der Waals surface area contributed by atoms with Gasteiger partial charge in [-0.25, -0.2) is 4.39 Å². The smallest absolute Gasteiger partial charge is 0.325 e. The third-order valence-electron chi connectivity index (χ3n) is 1.92. The lowest BCUT2D eigenvalue weighted by Gasteiger charge is -2.10. The zero-order valence-corrected chi connectivity index (χ0v) is 8.40. The van der Waals surface area contributed by atoms with Crippen LogP contribution >= 0.6 is 0 Å². The summed E-state index contributed by atoms with van der Waals surface area (Å²) in [6.45, 7) is 1.26. The number of phenolic OH excluding ortho intramolecular Hbond substituents is 1. The van der Waals surface area contributed by atoms with Gasteiger partial charge in [-0.1, -0.05) is 0 Å². The topological polar surface area (TPSA) is 86.6 Å². The fourth-order valence-electron chi connectivity index (χ4n) is 1.03. The average molecular weight is 227 g/mol. The lowest BCUT2D eigenvalue weighted by molar-refractivity contribution is -0.138. The van der Waals surface area contributed by atoms with Crippen molar-refractivity contribution in [2.45, 2.75) is 13.0 Å². The van der Waals surface area contributed by atoms with Crippen molar-refractivity contribution in [3.63, 3.8) is 0 Å². The lowest BCUT2D eigenvalue weighted by atomic mass is 10.1. The normalized spacial score (nSPS) is 11.9. The molecule has 1 amide bonds. The number of carboxylic acids is 1. The van der Waals surface area contributed by atoms with Gasteiger partial charge in [0.1, 0.15) is 17.6 Å². The number of aliphatic carboxylic acids is 1. The Kier molecular flexibility index (Phi) is 3.44. The summed E-state index contributed by atoms with van der Waals surface area (Å²) in [7, 11) is 0. The highest BCUT2D eigenvalue weighted by molar-refractivity contribution is 5.98. The summed E-state index contributed by atoms with van der Waals surface area (Å²) in [6.07, 6.45) is 0. The largest absolute Gasteiger partial charge is 0.507 e. The van der Waals surface area contributed by atoms with Crippen LogP contribution in [0.2, 0.25) is 0 Å². The van der Waals surface area contributed by atoms with Crippen molar-refractivity contribution in [2.24, 2.45) is 0 Å². The van der Waals surface area contributed by atoms with Gasteiger partial charge in [-0.15, -0.1) is 0 Å². The maximum Gasteiger partial charge on any atom is 0.325 e. The van der Waals surface area contributed by atoms with Gasteiger partial charge >= 0.3 is 5.97 Å². The molecule has 0 saturated carbocycles. The molecular weight excluding hydrogens is 217 g/mol. The van der Waals surface area contributed by atoms with Gasteiger partial charge in [0.15, 0.2) is 0 Å². The molecule has 1 aromatic carbocycles. The first-order chi connectivity index (χ1) is 7.41. The van der Waals surface area contributed by atoms with Crippen LogP contribution in [0, 0.1) is 5.82 Å². The first-order valence-corrected chi connectivity index (χ1v) is 4.44.